The summed E-state index contributed by atoms with van der Waals surface area (Å²) in [5, 5.41) is 11.0. The van der Waals surface area contributed by atoms with Gasteiger partial charge >= 0.3 is 0 Å². The number of amides is 1. The van der Waals surface area contributed by atoms with E-state index >= 15 is 0 Å². The minimum Gasteiger partial charge on any atom is -0.507 e. The number of likely N-dealkylation sites (tertiary alicyclic amines) is 1. The quantitative estimate of drug-likeness (QED) is 0.431. The molecule has 0 aliphatic carbocycles. The SMILES string of the molecule is Cc1ccc(C2/C(=C(/O)c3ccc(Br)c(C)c3)C(=O)C(=O)N2CCN(C)C)o1. The first kappa shape index (κ1) is 20.4. The molecule has 1 atom stereocenters. The van der Waals surface area contributed by atoms with Crippen LogP contribution in [-0.4, -0.2) is 53.8 Å². The van der Waals surface area contributed by atoms with Gasteiger partial charge in [-0.25, -0.2) is 0 Å². The number of halogens is 1. The van der Waals surface area contributed by atoms with E-state index in [0.29, 0.717) is 30.2 Å². The Morgan fingerprint density at radius 3 is 2.50 bits per heavy atom. The Hall–Kier alpha value is -2.38. The number of Topliss-reactive ketones (excluding diaryl/α,β-unsaturated/α-hetero) is 1. The summed E-state index contributed by atoms with van der Waals surface area (Å²) in [5.41, 5.74) is 1.45. The van der Waals surface area contributed by atoms with Gasteiger partial charge in [-0.1, -0.05) is 22.0 Å². The van der Waals surface area contributed by atoms with Gasteiger partial charge in [-0.3, -0.25) is 9.59 Å². The fourth-order valence-corrected chi connectivity index (χ4v) is 3.51. The molecule has 1 aliphatic rings. The van der Waals surface area contributed by atoms with Gasteiger partial charge in [0.2, 0.25) is 0 Å². The molecule has 0 radical (unpaired) electrons. The second-order valence-corrected chi connectivity index (χ2v) is 8.06. The Labute approximate surface area is 172 Å². The molecule has 1 unspecified atom stereocenters. The molecule has 3 rings (SSSR count). The second-order valence-electron chi connectivity index (χ2n) is 7.21. The molecule has 0 spiro atoms. The standard InChI is InChI=1S/C21H23BrN2O4/c1-12-11-14(6-7-15(12)22)19(25)17-18(16-8-5-13(2)28-16)24(10-9-23(3)4)21(27)20(17)26/h5-8,11,18,25H,9-10H2,1-4H3/b19-17-. The highest BCUT2D eigenvalue weighted by atomic mass is 79.9. The van der Waals surface area contributed by atoms with Crippen molar-refractivity contribution in [2.45, 2.75) is 19.9 Å². The van der Waals surface area contributed by atoms with E-state index in [2.05, 4.69) is 15.9 Å². The van der Waals surface area contributed by atoms with E-state index in [1.807, 2.05) is 25.9 Å². The summed E-state index contributed by atoms with van der Waals surface area (Å²) >= 11 is 3.43. The van der Waals surface area contributed by atoms with Crippen molar-refractivity contribution in [3.63, 3.8) is 0 Å². The third-order valence-electron chi connectivity index (χ3n) is 4.79. The molecule has 7 heteroatoms. The Bertz CT molecular complexity index is 961. The molecule has 1 aromatic heterocycles. The van der Waals surface area contributed by atoms with Crippen molar-refractivity contribution < 1.29 is 19.1 Å². The first-order valence-electron chi connectivity index (χ1n) is 8.96. The van der Waals surface area contributed by atoms with Crippen molar-refractivity contribution in [1.82, 2.24) is 9.80 Å². The van der Waals surface area contributed by atoms with Crippen LogP contribution in [0, 0.1) is 13.8 Å². The summed E-state index contributed by atoms with van der Waals surface area (Å²) in [4.78, 5) is 29.0. The Balaban J connectivity index is 2.14. The molecular weight excluding hydrogens is 424 g/mol. The molecule has 0 saturated carbocycles. The number of aryl methyl sites for hydroxylation is 2. The first-order valence-corrected chi connectivity index (χ1v) is 9.76. The molecule has 1 aromatic carbocycles. The smallest absolute Gasteiger partial charge is 0.295 e. The number of carbonyl (C=O) groups is 2. The fraction of sp³-hybridized carbons (Fsp3) is 0.333. The third kappa shape index (κ3) is 3.77. The lowest BCUT2D eigenvalue weighted by molar-refractivity contribution is -0.140. The van der Waals surface area contributed by atoms with Gasteiger partial charge in [0.25, 0.3) is 11.7 Å². The van der Waals surface area contributed by atoms with E-state index in [9.17, 15) is 14.7 Å². The summed E-state index contributed by atoms with van der Waals surface area (Å²) < 4.78 is 6.64. The van der Waals surface area contributed by atoms with Gasteiger partial charge in [0.1, 0.15) is 23.3 Å². The van der Waals surface area contributed by atoms with Crippen molar-refractivity contribution in [1.29, 1.82) is 0 Å². The number of furan rings is 1. The molecule has 2 heterocycles. The number of hydrogen-bond acceptors (Lipinski definition) is 5. The molecule has 1 aliphatic heterocycles. The summed E-state index contributed by atoms with van der Waals surface area (Å²) in [5.74, 6) is -0.383. The number of likely N-dealkylation sites (N-methyl/N-ethyl adjacent to an activating group) is 1. The molecule has 28 heavy (non-hydrogen) atoms. The number of aliphatic hydroxyl groups is 1. The predicted octanol–water partition coefficient (Wildman–Crippen LogP) is 3.64. The number of carbonyl (C=O) groups excluding carboxylic acids is 2. The van der Waals surface area contributed by atoms with Crippen LogP contribution in [0.4, 0.5) is 0 Å². The minimum atomic E-state index is -0.752. The third-order valence-corrected chi connectivity index (χ3v) is 5.68. The molecule has 1 N–H and O–H groups in total. The Morgan fingerprint density at radius 2 is 1.93 bits per heavy atom. The number of hydrogen-bond donors (Lipinski definition) is 1. The van der Waals surface area contributed by atoms with Gasteiger partial charge < -0.3 is 19.3 Å². The van der Waals surface area contributed by atoms with Crippen LogP contribution in [-0.2, 0) is 9.59 Å². The normalized spacial score (nSPS) is 19.1. The first-order chi connectivity index (χ1) is 13.2. The van der Waals surface area contributed by atoms with E-state index in [-0.39, 0.29) is 11.3 Å². The zero-order valence-corrected chi connectivity index (χ0v) is 17.9. The van der Waals surface area contributed by atoms with Gasteiger partial charge in [0.05, 0.1) is 5.57 Å². The van der Waals surface area contributed by atoms with Crippen molar-refractivity contribution in [3.8, 4) is 0 Å². The van der Waals surface area contributed by atoms with E-state index in [0.717, 1.165) is 10.0 Å². The van der Waals surface area contributed by atoms with Crippen LogP contribution in [0.15, 0.2) is 44.8 Å². The maximum absolute atomic E-state index is 12.8. The Morgan fingerprint density at radius 1 is 1.21 bits per heavy atom. The van der Waals surface area contributed by atoms with Crippen LogP contribution in [0.2, 0.25) is 0 Å². The predicted molar refractivity (Wildman–Crippen MR) is 110 cm³/mol. The summed E-state index contributed by atoms with van der Waals surface area (Å²) in [7, 11) is 3.79. The van der Waals surface area contributed by atoms with Crippen LogP contribution in [0.5, 0.6) is 0 Å². The molecule has 1 fully saturated rings. The van der Waals surface area contributed by atoms with Crippen LogP contribution >= 0.6 is 15.9 Å². The van der Waals surface area contributed by atoms with Gasteiger partial charge in [-0.05, 0) is 57.8 Å². The molecule has 148 valence electrons. The zero-order valence-electron chi connectivity index (χ0n) is 16.3. The molecule has 6 nitrogen and oxygen atoms in total. The monoisotopic (exact) mass is 446 g/mol. The van der Waals surface area contributed by atoms with Gasteiger partial charge in [-0.15, -0.1) is 0 Å². The summed E-state index contributed by atoms with van der Waals surface area (Å²) in [6, 6.07) is 8.07. The van der Waals surface area contributed by atoms with Crippen LogP contribution < -0.4 is 0 Å². The largest absolute Gasteiger partial charge is 0.507 e. The van der Waals surface area contributed by atoms with Gasteiger partial charge in [0, 0.05) is 23.1 Å². The van der Waals surface area contributed by atoms with Crippen LogP contribution in [0.3, 0.4) is 0 Å². The maximum Gasteiger partial charge on any atom is 0.295 e. The fourth-order valence-electron chi connectivity index (χ4n) is 3.26. The van der Waals surface area contributed by atoms with E-state index in [1.165, 1.54) is 4.90 Å². The lowest BCUT2D eigenvalue weighted by Gasteiger charge is -2.24. The van der Waals surface area contributed by atoms with E-state index < -0.39 is 17.7 Å². The Kier molecular flexibility index (Phi) is 5.76. The number of benzene rings is 1. The van der Waals surface area contributed by atoms with Crippen molar-refractivity contribution in [2.24, 2.45) is 0 Å². The summed E-state index contributed by atoms with van der Waals surface area (Å²) in [6.07, 6.45) is 0. The topological polar surface area (TPSA) is 74.0 Å². The number of nitrogens with zero attached hydrogens (tertiary/aromatic N) is 2. The van der Waals surface area contributed by atoms with Crippen LogP contribution in [0.1, 0.15) is 28.7 Å². The highest BCUT2D eigenvalue weighted by molar-refractivity contribution is 9.10. The average molecular weight is 447 g/mol. The van der Waals surface area contributed by atoms with Crippen molar-refractivity contribution in [3.05, 3.63) is 63.0 Å². The van der Waals surface area contributed by atoms with Gasteiger partial charge in [0.15, 0.2) is 0 Å². The van der Waals surface area contributed by atoms with Crippen LogP contribution in [0.25, 0.3) is 5.76 Å². The lowest BCUT2D eigenvalue weighted by Crippen LogP contribution is -2.35. The zero-order chi connectivity index (χ0) is 20.6. The number of aliphatic hydroxyl groups excluding tert-OH is 1. The lowest BCUT2D eigenvalue weighted by atomic mass is 9.98. The highest BCUT2D eigenvalue weighted by Crippen LogP contribution is 2.40. The van der Waals surface area contributed by atoms with E-state index in [4.69, 9.17) is 4.42 Å². The molecule has 2 aromatic rings. The molecule has 1 saturated heterocycles. The van der Waals surface area contributed by atoms with Crippen molar-refractivity contribution >= 4 is 33.4 Å². The van der Waals surface area contributed by atoms with Crippen molar-refractivity contribution in [2.75, 3.05) is 27.2 Å². The second kappa shape index (κ2) is 7.93. The number of rotatable bonds is 5. The van der Waals surface area contributed by atoms with E-state index in [1.54, 1.807) is 37.3 Å². The minimum absolute atomic E-state index is 0.0554. The van der Waals surface area contributed by atoms with Gasteiger partial charge in [-0.2, -0.15) is 0 Å². The number of ketones is 1. The molecule has 0 bridgehead atoms. The maximum atomic E-state index is 12.8. The average Bonchev–Trinajstić information content (AvgIpc) is 3.17. The summed E-state index contributed by atoms with van der Waals surface area (Å²) in [6.45, 7) is 4.62. The molecule has 1 amide bonds. The highest BCUT2D eigenvalue weighted by Gasteiger charge is 2.47. The molecular formula is C21H23BrN2O4.